The molecule has 2 aromatic rings. The van der Waals surface area contributed by atoms with Crippen LogP contribution in [0.15, 0.2) is 16.9 Å². The average molecular weight is 316 g/mol. The molecule has 23 heavy (non-hydrogen) atoms. The Kier molecular flexibility index (Phi) is 3.37. The van der Waals surface area contributed by atoms with E-state index in [1.807, 2.05) is 0 Å². The Morgan fingerprint density at radius 1 is 1.39 bits per heavy atom. The normalized spacial score (nSPS) is 27.9. The number of piperidine rings is 1. The van der Waals surface area contributed by atoms with Crippen LogP contribution < -0.4 is 10.9 Å². The van der Waals surface area contributed by atoms with E-state index in [1.165, 1.54) is 18.6 Å². The van der Waals surface area contributed by atoms with E-state index in [0.717, 1.165) is 30.6 Å². The Morgan fingerprint density at radius 3 is 3.00 bits per heavy atom. The number of halogens is 1. The van der Waals surface area contributed by atoms with Gasteiger partial charge in [0.05, 0.1) is 11.1 Å². The van der Waals surface area contributed by atoms with Gasteiger partial charge >= 0.3 is 0 Å². The lowest BCUT2D eigenvalue weighted by atomic mass is 9.76. The number of nitrogens with one attached hydrogen (secondary N) is 2. The third-order valence-electron chi connectivity index (χ3n) is 5.29. The molecule has 0 aliphatic carbocycles. The summed E-state index contributed by atoms with van der Waals surface area (Å²) in [4.78, 5) is 14.4. The Labute approximate surface area is 133 Å². The molecule has 2 aliphatic rings. The van der Waals surface area contributed by atoms with Crippen molar-refractivity contribution >= 4 is 16.5 Å². The first kappa shape index (κ1) is 14.6. The van der Waals surface area contributed by atoms with Crippen LogP contribution in [0.3, 0.4) is 0 Å². The van der Waals surface area contributed by atoms with Gasteiger partial charge in [0, 0.05) is 29.6 Å². The molecule has 1 aromatic heterocycles. The van der Waals surface area contributed by atoms with E-state index in [4.69, 9.17) is 0 Å². The highest BCUT2D eigenvalue weighted by Crippen LogP contribution is 2.42. The minimum absolute atomic E-state index is 0.155. The number of anilines is 1. The molecule has 0 radical (unpaired) electrons. The van der Waals surface area contributed by atoms with Gasteiger partial charge in [-0.25, -0.2) is 9.49 Å². The molecule has 1 saturated heterocycles. The van der Waals surface area contributed by atoms with Crippen LogP contribution >= 0.6 is 0 Å². The molecule has 122 valence electrons. The summed E-state index contributed by atoms with van der Waals surface area (Å²) >= 11 is 0. The highest BCUT2D eigenvalue weighted by Gasteiger charge is 2.37. The summed E-state index contributed by atoms with van der Waals surface area (Å²) in [5.41, 5.74) is 1.25. The zero-order valence-electron chi connectivity index (χ0n) is 13.4. The van der Waals surface area contributed by atoms with Crippen molar-refractivity contribution in [3.63, 3.8) is 0 Å². The van der Waals surface area contributed by atoms with Gasteiger partial charge in [-0.3, -0.25) is 4.79 Å². The standard InChI is InChI=1S/C17H21FN4O/c1-9-14(10-4-3-5-22(2)8-10)16-15-12(17(23)21-20-16)6-11(18)7-13(15)19-9/h6-7,9-10,14,19H,3-5,8H2,1-2H3,(H,21,23)/t9-,10-,14-/m1/s1. The van der Waals surface area contributed by atoms with E-state index >= 15 is 0 Å². The zero-order chi connectivity index (χ0) is 16.1. The fourth-order valence-corrected chi connectivity index (χ4v) is 4.35. The Bertz CT molecular complexity index is 818. The third kappa shape index (κ3) is 2.32. The Morgan fingerprint density at radius 2 is 2.22 bits per heavy atom. The van der Waals surface area contributed by atoms with Gasteiger partial charge in [0.15, 0.2) is 0 Å². The van der Waals surface area contributed by atoms with Gasteiger partial charge in [-0.15, -0.1) is 0 Å². The maximum atomic E-state index is 13.8. The van der Waals surface area contributed by atoms with Crippen LogP contribution in [-0.4, -0.2) is 41.3 Å². The minimum Gasteiger partial charge on any atom is -0.381 e. The third-order valence-corrected chi connectivity index (χ3v) is 5.29. The molecule has 0 spiro atoms. The van der Waals surface area contributed by atoms with Crippen LogP contribution in [0.2, 0.25) is 0 Å². The number of nitrogens with zero attached hydrogens (tertiary/aromatic N) is 2. The second kappa shape index (κ2) is 5.30. The zero-order valence-corrected chi connectivity index (χ0v) is 13.4. The van der Waals surface area contributed by atoms with E-state index in [2.05, 4.69) is 34.4 Å². The molecule has 2 N–H and O–H groups in total. The van der Waals surface area contributed by atoms with Crippen LogP contribution in [0.25, 0.3) is 10.8 Å². The molecule has 0 bridgehead atoms. The number of rotatable bonds is 1. The molecule has 2 aliphatic heterocycles. The van der Waals surface area contributed by atoms with Gasteiger partial charge in [-0.1, -0.05) is 0 Å². The lowest BCUT2D eigenvalue weighted by Gasteiger charge is -2.40. The first-order chi connectivity index (χ1) is 11.0. The number of aromatic amines is 1. The van der Waals surface area contributed by atoms with Gasteiger partial charge in [0.25, 0.3) is 5.56 Å². The Hall–Kier alpha value is -1.95. The summed E-state index contributed by atoms with van der Waals surface area (Å²) in [6.07, 6.45) is 2.33. The summed E-state index contributed by atoms with van der Waals surface area (Å²) in [6.45, 7) is 4.27. The van der Waals surface area contributed by atoms with E-state index in [-0.39, 0.29) is 17.5 Å². The first-order valence-corrected chi connectivity index (χ1v) is 8.21. The van der Waals surface area contributed by atoms with Crippen molar-refractivity contribution < 1.29 is 4.39 Å². The fourth-order valence-electron chi connectivity index (χ4n) is 4.35. The number of hydrogen-bond donors (Lipinski definition) is 2. The van der Waals surface area contributed by atoms with Crippen LogP contribution in [-0.2, 0) is 0 Å². The van der Waals surface area contributed by atoms with Crippen molar-refractivity contribution in [3.8, 4) is 0 Å². The highest BCUT2D eigenvalue weighted by molar-refractivity contribution is 5.96. The maximum Gasteiger partial charge on any atom is 0.272 e. The SMILES string of the molecule is C[C@H]1Nc2cc(F)cc3c(=O)[nH]nc(c23)[C@H]1[C@@H]1CCCN(C)C1. The molecule has 6 heteroatoms. The summed E-state index contributed by atoms with van der Waals surface area (Å²) in [5, 5.41) is 11.5. The van der Waals surface area contributed by atoms with Crippen LogP contribution in [0.4, 0.5) is 10.1 Å². The van der Waals surface area contributed by atoms with Crippen LogP contribution in [0.1, 0.15) is 31.4 Å². The second-order valence-corrected chi connectivity index (χ2v) is 6.94. The number of hydrogen-bond acceptors (Lipinski definition) is 4. The van der Waals surface area contributed by atoms with Gasteiger partial charge in [0.1, 0.15) is 5.82 Å². The van der Waals surface area contributed by atoms with Gasteiger partial charge in [-0.2, -0.15) is 5.10 Å². The molecule has 4 rings (SSSR count). The molecular formula is C17H21FN4O. The number of aromatic nitrogens is 2. The molecular weight excluding hydrogens is 295 g/mol. The monoisotopic (exact) mass is 316 g/mol. The van der Waals surface area contributed by atoms with Crippen molar-refractivity contribution in [3.05, 3.63) is 34.0 Å². The Balaban J connectivity index is 1.90. The van der Waals surface area contributed by atoms with Crippen LogP contribution in [0, 0.1) is 11.7 Å². The number of likely N-dealkylation sites (tertiary alicyclic amines) is 1. The largest absolute Gasteiger partial charge is 0.381 e. The van der Waals surface area contributed by atoms with E-state index in [9.17, 15) is 9.18 Å². The lowest BCUT2D eigenvalue weighted by Crippen LogP contribution is -2.42. The smallest absolute Gasteiger partial charge is 0.272 e. The van der Waals surface area contributed by atoms with Crippen molar-refractivity contribution in [1.82, 2.24) is 15.1 Å². The van der Waals surface area contributed by atoms with E-state index in [0.29, 0.717) is 17.0 Å². The quantitative estimate of drug-likeness (QED) is 0.847. The highest BCUT2D eigenvalue weighted by atomic mass is 19.1. The van der Waals surface area contributed by atoms with Crippen LogP contribution in [0.5, 0.6) is 0 Å². The van der Waals surface area contributed by atoms with Gasteiger partial charge in [-0.05, 0) is 51.4 Å². The maximum absolute atomic E-state index is 13.8. The molecule has 3 atom stereocenters. The number of H-pyrrole nitrogens is 1. The molecule has 0 unspecified atom stereocenters. The number of benzene rings is 1. The average Bonchev–Trinajstić information content (AvgIpc) is 2.50. The van der Waals surface area contributed by atoms with Gasteiger partial charge in [0.2, 0.25) is 0 Å². The summed E-state index contributed by atoms with van der Waals surface area (Å²) in [6, 6.07) is 2.93. The minimum atomic E-state index is -0.398. The predicted molar refractivity (Wildman–Crippen MR) is 88.4 cm³/mol. The van der Waals surface area contributed by atoms with Crippen molar-refractivity contribution in [2.75, 3.05) is 25.5 Å². The molecule has 1 aromatic carbocycles. The summed E-state index contributed by atoms with van der Waals surface area (Å²) in [7, 11) is 2.15. The van der Waals surface area contributed by atoms with Gasteiger partial charge < -0.3 is 10.2 Å². The molecule has 0 amide bonds. The van der Waals surface area contributed by atoms with Crippen molar-refractivity contribution in [2.45, 2.75) is 31.7 Å². The topological polar surface area (TPSA) is 61.0 Å². The van der Waals surface area contributed by atoms with Crippen molar-refractivity contribution in [2.24, 2.45) is 5.92 Å². The van der Waals surface area contributed by atoms with Crippen molar-refractivity contribution in [1.29, 1.82) is 0 Å². The predicted octanol–water partition coefficient (Wildman–Crippen LogP) is 2.30. The molecule has 5 nitrogen and oxygen atoms in total. The van der Waals surface area contributed by atoms with E-state index < -0.39 is 5.82 Å². The summed E-state index contributed by atoms with van der Waals surface area (Å²) < 4.78 is 13.8. The second-order valence-electron chi connectivity index (χ2n) is 6.94. The van der Waals surface area contributed by atoms with E-state index in [1.54, 1.807) is 0 Å². The molecule has 0 saturated carbocycles. The first-order valence-electron chi connectivity index (χ1n) is 8.21. The lowest BCUT2D eigenvalue weighted by molar-refractivity contribution is 0.179. The molecule has 3 heterocycles. The fraction of sp³-hybridized carbons (Fsp3) is 0.529. The summed E-state index contributed by atoms with van der Waals surface area (Å²) in [5.74, 6) is 0.303. The molecule has 1 fully saturated rings.